The number of hydrogen-bond acceptors (Lipinski definition) is 6. The van der Waals surface area contributed by atoms with E-state index in [-0.39, 0.29) is 16.3 Å². The van der Waals surface area contributed by atoms with Crippen LogP contribution in [-0.2, 0) is 20.6 Å². The van der Waals surface area contributed by atoms with Gasteiger partial charge in [0.25, 0.3) is 10.0 Å². The second-order valence-electron chi connectivity index (χ2n) is 7.39. The summed E-state index contributed by atoms with van der Waals surface area (Å²) in [4.78, 5) is 12.9. The minimum absolute atomic E-state index is 0.0720. The highest BCUT2D eigenvalue weighted by Gasteiger charge is 2.29. The lowest BCUT2D eigenvalue weighted by Gasteiger charge is -2.26. The zero-order valence-corrected chi connectivity index (χ0v) is 21.8. The summed E-state index contributed by atoms with van der Waals surface area (Å²) in [6, 6.07) is 20.3. The fourth-order valence-corrected chi connectivity index (χ4v) is 5.75. The molecule has 0 aliphatic heterocycles. The third kappa shape index (κ3) is 7.30. The van der Waals surface area contributed by atoms with Crippen LogP contribution in [0.25, 0.3) is 0 Å². The molecule has 1 amide bonds. The maximum Gasteiger partial charge on any atom is 0.264 e. The molecule has 0 aromatic heterocycles. The zero-order valence-electron chi connectivity index (χ0n) is 19.4. The first-order chi connectivity index (χ1) is 16.8. The van der Waals surface area contributed by atoms with Crippen LogP contribution in [0.3, 0.4) is 0 Å². The number of amides is 1. The van der Waals surface area contributed by atoms with Gasteiger partial charge in [-0.15, -0.1) is 0 Å². The van der Waals surface area contributed by atoms with Crippen molar-refractivity contribution < 1.29 is 22.7 Å². The summed E-state index contributed by atoms with van der Waals surface area (Å²) < 4.78 is 38.7. The van der Waals surface area contributed by atoms with Crippen molar-refractivity contribution in [2.24, 2.45) is 0 Å². The van der Waals surface area contributed by atoms with Crippen molar-refractivity contribution in [2.45, 2.75) is 10.6 Å². The molecular formula is C25H27ClN2O5S2. The molecule has 3 rings (SSSR count). The molecule has 1 N–H and O–H groups in total. The Morgan fingerprint density at radius 2 is 1.77 bits per heavy atom. The van der Waals surface area contributed by atoms with E-state index < -0.39 is 22.5 Å². The predicted octanol–water partition coefficient (Wildman–Crippen LogP) is 4.60. The Bertz CT molecular complexity index is 1240. The monoisotopic (exact) mass is 534 g/mol. The Kier molecular flexibility index (Phi) is 9.71. The van der Waals surface area contributed by atoms with Crippen LogP contribution in [0.4, 0.5) is 5.69 Å². The van der Waals surface area contributed by atoms with Gasteiger partial charge in [0.2, 0.25) is 5.91 Å². The standard InChI is InChI=1S/C25H27ClN2O5S2/c1-32-21-11-12-23(24(16-21)33-2)28(35(30,31)22-9-4-3-5-10-22)17-25(29)27-13-14-34-18-19-7-6-8-20(26)15-19/h3-12,15-16H,13-14,17-18H2,1-2H3,(H,27,29). The van der Waals surface area contributed by atoms with Gasteiger partial charge in [-0.2, -0.15) is 11.8 Å². The number of thioether (sulfide) groups is 1. The van der Waals surface area contributed by atoms with E-state index in [9.17, 15) is 13.2 Å². The van der Waals surface area contributed by atoms with E-state index in [1.165, 1.54) is 26.4 Å². The van der Waals surface area contributed by atoms with E-state index in [4.69, 9.17) is 21.1 Å². The van der Waals surface area contributed by atoms with E-state index in [2.05, 4.69) is 5.32 Å². The molecule has 0 spiro atoms. The molecule has 0 aliphatic carbocycles. The third-order valence-corrected chi connectivity index (χ3v) is 8.04. The van der Waals surface area contributed by atoms with E-state index in [0.717, 1.165) is 15.6 Å². The molecule has 3 aromatic rings. The number of anilines is 1. The van der Waals surface area contributed by atoms with Crippen LogP contribution >= 0.6 is 23.4 Å². The maximum atomic E-state index is 13.5. The van der Waals surface area contributed by atoms with Gasteiger partial charge >= 0.3 is 0 Å². The van der Waals surface area contributed by atoms with Crippen molar-refractivity contribution in [1.82, 2.24) is 5.32 Å². The Balaban J connectivity index is 1.72. The molecule has 0 fully saturated rings. The summed E-state index contributed by atoms with van der Waals surface area (Å²) in [6.07, 6.45) is 0. The van der Waals surface area contributed by atoms with Gasteiger partial charge < -0.3 is 14.8 Å². The van der Waals surface area contributed by atoms with E-state index in [0.29, 0.717) is 23.1 Å². The van der Waals surface area contributed by atoms with Gasteiger partial charge in [0.1, 0.15) is 18.0 Å². The number of benzene rings is 3. The number of nitrogens with one attached hydrogen (secondary N) is 1. The number of carbonyl (C=O) groups excluding carboxylic acids is 1. The number of hydrogen-bond donors (Lipinski definition) is 1. The smallest absolute Gasteiger partial charge is 0.264 e. The summed E-state index contributed by atoms with van der Waals surface area (Å²) in [6.45, 7) is -0.0120. The summed E-state index contributed by atoms with van der Waals surface area (Å²) in [5.74, 6) is 1.77. The van der Waals surface area contributed by atoms with Gasteiger partial charge in [-0.05, 0) is 42.0 Å². The normalized spacial score (nSPS) is 11.1. The van der Waals surface area contributed by atoms with Crippen molar-refractivity contribution in [3.05, 3.63) is 83.4 Å². The summed E-state index contributed by atoms with van der Waals surface area (Å²) in [5, 5.41) is 3.49. The molecule has 0 unspecified atom stereocenters. The van der Waals surface area contributed by atoms with Gasteiger partial charge in [0.05, 0.1) is 24.8 Å². The van der Waals surface area contributed by atoms with Crippen LogP contribution in [0.5, 0.6) is 11.5 Å². The molecule has 186 valence electrons. The quantitative estimate of drug-likeness (QED) is 0.342. The Morgan fingerprint density at radius 1 is 1.00 bits per heavy atom. The van der Waals surface area contributed by atoms with E-state index >= 15 is 0 Å². The molecule has 10 heteroatoms. The van der Waals surface area contributed by atoms with Crippen molar-refractivity contribution in [2.75, 3.05) is 37.4 Å². The van der Waals surface area contributed by atoms with E-state index in [1.807, 2.05) is 24.3 Å². The Morgan fingerprint density at radius 3 is 2.46 bits per heavy atom. The van der Waals surface area contributed by atoms with Gasteiger partial charge in [-0.25, -0.2) is 8.42 Å². The largest absolute Gasteiger partial charge is 0.497 e. The number of sulfonamides is 1. The van der Waals surface area contributed by atoms with Crippen LogP contribution in [0, 0.1) is 0 Å². The van der Waals surface area contributed by atoms with Crippen LogP contribution in [0.2, 0.25) is 5.02 Å². The molecular weight excluding hydrogens is 508 g/mol. The first-order valence-electron chi connectivity index (χ1n) is 10.7. The number of carbonyl (C=O) groups is 1. The first-order valence-corrected chi connectivity index (χ1v) is 13.7. The fraction of sp³-hybridized carbons (Fsp3) is 0.240. The first kappa shape index (κ1) is 26.7. The minimum Gasteiger partial charge on any atom is -0.497 e. The maximum absolute atomic E-state index is 13.5. The predicted molar refractivity (Wildman–Crippen MR) is 141 cm³/mol. The molecule has 7 nitrogen and oxygen atoms in total. The van der Waals surface area contributed by atoms with Crippen molar-refractivity contribution >= 4 is 45.0 Å². The summed E-state index contributed by atoms with van der Waals surface area (Å²) in [7, 11) is -1.10. The number of methoxy groups -OCH3 is 2. The van der Waals surface area contributed by atoms with Gasteiger partial charge in [-0.3, -0.25) is 9.10 Å². The Hall–Kier alpha value is -2.88. The highest BCUT2D eigenvalue weighted by Crippen LogP contribution is 2.35. The second-order valence-corrected chi connectivity index (χ2v) is 10.8. The molecule has 0 atom stereocenters. The van der Waals surface area contributed by atoms with Crippen molar-refractivity contribution in [3.8, 4) is 11.5 Å². The minimum atomic E-state index is -4.04. The molecule has 0 aliphatic rings. The van der Waals surface area contributed by atoms with Crippen LogP contribution in [-0.4, -0.2) is 47.4 Å². The number of ether oxygens (including phenoxy) is 2. The molecule has 0 heterocycles. The molecule has 0 saturated heterocycles. The lowest BCUT2D eigenvalue weighted by atomic mass is 10.2. The molecule has 35 heavy (non-hydrogen) atoms. The van der Waals surface area contributed by atoms with Gasteiger partial charge in [-0.1, -0.05) is 41.9 Å². The third-order valence-electron chi connectivity index (χ3n) is 5.00. The van der Waals surface area contributed by atoms with E-state index in [1.54, 1.807) is 48.2 Å². The van der Waals surface area contributed by atoms with Crippen molar-refractivity contribution in [3.63, 3.8) is 0 Å². The van der Waals surface area contributed by atoms with Crippen LogP contribution in [0.15, 0.2) is 77.7 Å². The number of rotatable bonds is 12. The highest BCUT2D eigenvalue weighted by atomic mass is 35.5. The molecule has 0 saturated carbocycles. The zero-order chi connectivity index (χ0) is 25.3. The Labute approximate surface area is 215 Å². The number of halogens is 1. The number of nitrogens with zero attached hydrogens (tertiary/aromatic N) is 1. The SMILES string of the molecule is COc1ccc(N(CC(=O)NCCSCc2cccc(Cl)c2)S(=O)(=O)c2ccccc2)c(OC)c1. The van der Waals surface area contributed by atoms with Crippen LogP contribution in [0.1, 0.15) is 5.56 Å². The van der Waals surface area contributed by atoms with Gasteiger partial charge in [0, 0.05) is 29.1 Å². The lowest BCUT2D eigenvalue weighted by Crippen LogP contribution is -2.41. The summed E-state index contributed by atoms with van der Waals surface area (Å²) in [5.41, 5.74) is 1.34. The lowest BCUT2D eigenvalue weighted by molar-refractivity contribution is -0.119. The summed E-state index contributed by atoms with van der Waals surface area (Å²) >= 11 is 7.65. The van der Waals surface area contributed by atoms with Gasteiger partial charge in [0.15, 0.2) is 0 Å². The molecule has 0 bridgehead atoms. The van der Waals surface area contributed by atoms with Crippen LogP contribution < -0.4 is 19.1 Å². The van der Waals surface area contributed by atoms with Crippen molar-refractivity contribution in [1.29, 1.82) is 0 Å². The average Bonchev–Trinajstić information content (AvgIpc) is 2.87. The topological polar surface area (TPSA) is 84.9 Å². The molecule has 0 radical (unpaired) electrons. The fourth-order valence-electron chi connectivity index (χ4n) is 3.28. The average molecular weight is 535 g/mol. The second kappa shape index (κ2) is 12.7. The highest BCUT2D eigenvalue weighted by molar-refractivity contribution is 7.98. The molecule has 3 aromatic carbocycles.